The maximum absolute atomic E-state index is 10.5. The summed E-state index contributed by atoms with van der Waals surface area (Å²) in [6.45, 7) is 4.20. The molecule has 4 nitrogen and oxygen atoms in total. The molecular formula is C12H16O4. The second-order valence-electron chi connectivity index (χ2n) is 3.93. The van der Waals surface area contributed by atoms with Crippen LogP contribution in [-0.2, 0) is 9.53 Å². The molecule has 0 saturated carbocycles. The summed E-state index contributed by atoms with van der Waals surface area (Å²) < 4.78 is 5.29. The van der Waals surface area contributed by atoms with Gasteiger partial charge in [0.05, 0.1) is 6.61 Å². The third kappa shape index (κ3) is 3.15. The predicted molar refractivity (Wildman–Crippen MR) is 59.9 cm³/mol. The topological polar surface area (TPSA) is 66.8 Å². The molecule has 0 radical (unpaired) electrons. The molecule has 1 aliphatic rings. The van der Waals surface area contributed by atoms with E-state index in [1.807, 2.05) is 13.8 Å². The van der Waals surface area contributed by atoms with Crippen LogP contribution in [0, 0.1) is 5.41 Å². The quantitative estimate of drug-likeness (QED) is 0.719. The molecule has 0 aliphatic heterocycles. The Morgan fingerprint density at radius 3 is 2.94 bits per heavy atom. The van der Waals surface area contributed by atoms with Gasteiger partial charge in [0.2, 0.25) is 0 Å². The zero-order chi connectivity index (χ0) is 12.2. The van der Waals surface area contributed by atoms with Crippen molar-refractivity contribution in [2.45, 2.75) is 20.3 Å². The molecule has 0 saturated heterocycles. The lowest BCUT2D eigenvalue weighted by molar-refractivity contribution is -0.131. The van der Waals surface area contributed by atoms with E-state index in [2.05, 4.69) is 0 Å². The summed E-state index contributed by atoms with van der Waals surface area (Å²) in [5, 5.41) is 18.1. The van der Waals surface area contributed by atoms with Crippen LogP contribution in [0.4, 0.5) is 0 Å². The van der Waals surface area contributed by atoms with Crippen molar-refractivity contribution in [1.29, 1.82) is 0 Å². The molecule has 0 aromatic rings. The minimum absolute atomic E-state index is 0.114. The van der Waals surface area contributed by atoms with Crippen molar-refractivity contribution in [1.82, 2.24) is 0 Å². The molecule has 1 atom stereocenters. The molecule has 1 aliphatic carbocycles. The second kappa shape index (κ2) is 4.88. The van der Waals surface area contributed by atoms with Crippen LogP contribution in [0.5, 0.6) is 0 Å². The first-order valence-corrected chi connectivity index (χ1v) is 5.13. The summed E-state index contributed by atoms with van der Waals surface area (Å²) in [5.41, 5.74) is -0.422. The highest BCUT2D eigenvalue weighted by molar-refractivity contribution is 5.79. The standard InChI is InChI=1S/C12H16O4/c1-3-16-10-8-12(2,6-4-9(10)13)7-5-11(14)15/h4-7,13H,3,8H2,1-2H3,(H,14,15)/b7-5+/t12-/m1/s1. The average molecular weight is 224 g/mol. The van der Waals surface area contributed by atoms with Gasteiger partial charge in [0.15, 0.2) is 5.76 Å². The highest BCUT2D eigenvalue weighted by Gasteiger charge is 2.26. The average Bonchev–Trinajstić information content (AvgIpc) is 2.22. The molecule has 1 rings (SSSR count). The zero-order valence-electron chi connectivity index (χ0n) is 9.43. The van der Waals surface area contributed by atoms with Crippen LogP contribution >= 0.6 is 0 Å². The van der Waals surface area contributed by atoms with Gasteiger partial charge in [-0.25, -0.2) is 4.79 Å². The van der Waals surface area contributed by atoms with Crippen molar-refractivity contribution in [3.63, 3.8) is 0 Å². The Morgan fingerprint density at radius 2 is 2.38 bits per heavy atom. The Labute approximate surface area is 94.5 Å². The maximum atomic E-state index is 10.5. The van der Waals surface area contributed by atoms with Crippen LogP contribution in [0.15, 0.2) is 35.8 Å². The van der Waals surface area contributed by atoms with E-state index in [9.17, 15) is 9.90 Å². The fraction of sp³-hybridized carbons (Fsp3) is 0.417. The molecule has 0 unspecified atom stereocenters. The van der Waals surface area contributed by atoms with Gasteiger partial charge in [0.25, 0.3) is 0 Å². The van der Waals surface area contributed by atoms with Crippen LogP contribution in [0.25, 0.3) is 0 Å². The number of ether oxygens (including phenoxy) is 1. The molecule has 0 fully saturated rings. The summed E-state index contributed by atoms with van der Waals surface area (Å²) in [6, 6.07) is 0. The van der Waals surface area contributed by atoms with Crippen molar-refractivity contribution < 1.29 is 19.7 Å². The molecule has 0 spiro atoms. The van der Waals surface area contributed by atoms with Crippen LogP contribution in [0.2, 0.25) is 0 Å². The SMILES string of the molecule is CCOC1=C(O)C=C[C@](C)(/C=C/C(=O)O)C1. The molecule has 4 heteroatoms. The number of aliphatic carboxylic acids is 1. The van der Waals surface area contributed by atoms with Gasteiger partial charge in [0.1, 0.15) is 5.76 Å². The summed E-state index contributed by atoms with van der Waals surface area (Å²) >= 11 is 0. The van der Waals surface area contributed by atoms with Gasteiger partial charge in [-0.3, -0.25) is 0 Å². The number of aliphatic hydroxyl groups excluding tert-OH is 1. The van der Waals surface area contributed by atoms with Crippen molar-refractivity contribution >= 4 is 5.97 Å². The maximum Gasteiger partial charge on any atom is 0.328 e. The van der Waals surface area contributed by atoms with Crippen molar-refractivity contribution in [2.75, 3.05) is 6.61 Å². The minimum Gasteiger partial charge on any atom is -0.504 e. The van der Waals surface area contributed by atoms with Crippen LogP contribution < -0.4 is 0 Å². The van der Waals surface area contributed by atoms with Gasteiger partial charge in [-0.1, -0.05) is 19.1 Å². The predicted octanol–water partition coefficient (Wildman–Crippen LogP) is 2.40. The lowest BCUT2D eigenvalue weighted by Crippen LogP contribution is -2.17. The minimum atomic E-state index is -0.980. The number of rotatable bonds is 4. The Morgan fingerprint density at radius 1 is 1.69 bits per heavy atom. The van der Waals surface area contributed by atoms with E-state index in [-0.39, 0.29) is 5.76 Å². The summed E-state index contributed by atoms with van der Waals surface area (Å²) in [7, 11) is 0. The fourth-order valence-electron chi connectivity index (χ4n) is 1.53. The van der Waals surface area contributed by atoms with Gasteiger partial charge in [-0.15, -0.1) is 0 Å². The Bertz CT molecular complexity index is 365. The third-order valence-corrected chi connectivity index (χ3v) is 2.37. The Hall–Kier alpha value is -1.71. The van der Waals surface area contributed by atoms with E-state index >= 15 is 0 Å². The molecule has 2 N–H and O–H groups in total. The highest BCUT2D eigenvalue weighted by atomic mass is 16.5. The number of hydrogen-bond acceptors (Lipinski definition) is 3. The number of carboxylic acid groups (broad SMARTS) is 1. The number of allylic oxidation sites excluding steroid dienone is 4. The highest BCUT2D eigenvalue weighted by Crippen LogP contribution is 2.35. The van der Waals surface area contributed by atoms with E-state index in [1.165, 1.54) is 0 Å². The zero-order valence-corrected chi connectivity index (χ0v) is 9.43. The molecule has 0 bridgehead atoms. The van der Waals surface area contributed by atoms with Crippen LogP contribution in [0.1, 0.15) is 20.3 Å². The largest absolute Gasteiger partial charge is 0.504 e. The Kier molecular flexibility index (Phi) is 3.77. The van der Waals surface area contributed by atoms with Crippen LogP contribution in [-0.4, -0.2) is 22.8 Å². The van der Waals surface area contributed by atoms with Gasteiger partial charge >= 0.3 is 5.97 Å². The number of carbonyl (C=O) groups is 1. The van der Waals surface area contributed by atoms with E-state index in [0.717, 1.165) is 6.08 Å². The molecule has 16 heavy (non-hydrogen) atoms. The molecule has 0 aromatic heterocycles. The van der Waals surface area contributed by atoms with Crippen molar-refractivity contribution in [2.24, 2.45) is 5.41 Å². The van der Waals surface area contributed by atoms with Crippen molar-refractivity contribution in [3.8, 4) is 0 Å². The second-order valence-corrected chi connectivity index (χ2v) is 3.93. The molecule has 0 aromatic carbocycles. The van der Waals surface area contributed by atoms with Crippen molar-refractivity contribution in [3.05, 3.63) is 35.8 Å². The summed E-state index contributed by atoms with van der Waals surface area (Å²) in [6.07, 6.45) is 6.48. The number of carboxylic acids is 1. The molecule has 0 amide bonds. The molecular weight excluding hydrogens is 208 g/mol. The molecule has 0 heterocycles. The Balaban J connectivity index is 2.82. The van der Waals surface area contributed by atoms with E-state index < -0.39 is 11.4 Å². The monoisotopic (exact) mass is 224 g/mol. The first-order chi connectivity index (χ1) is 7.47. The van der Waals surface area contributed by atoms with E-state index in [1.54, 1.807) is 18.2 Å². The van der Waals surface area contributed by atoms with E-state index in [0.29, 0.717) is 18.8 Å². The van der Waals surface area contributed by atoms with Gasteiger partial charge in [-0.05, 0) is 13.0 Å². The van der Waals surface area contributed by atoms with Gasteiger partial charge in [-0.2, -0.15) is 0 Å². The smallest absolute Gasteiger partial charge is 0.328 e. The number of hydrogen-bond donors (Lipinski definition) is 2. The van der Waals surface area contributed by atoms with Gasteiger partial charge in [0, 0.05) is 17.9 Å². The van der Waals surface area contributed by atoms with Gasteiger partial charge < -0.3 is 14.9 Å². The first-order valence-electron chi connectivity index (χ1n) is 5.13. The molecule has 88 valence electrons. The normalized spacial score (nSPS) is 25.1. The third-order valence-electron chi connectivity index (χ3n) is 2.37. The first kappa shape index (κ1) is 12.4. The van der Waals surface area contributed by atoms with Crippen LogP contribution in [0.3, 0.4) is 0 Å². The summed E-state index contributed by atoms with van der Waals surface area (Å²) in [4.78, 5) is 10.5. The fourth-order valence-corrected chi connectivity index (χ4v) is 1.53. The number of aliphatic hydroxyl groups is 1. The lowest BCUT2D eigenvalue weighted by Gasteiger charge is -2.26. The lowest BCUT2D eigenvalue weighted by atomic mass is 9.82. The van der Waals surface area contributed by atoms with E-state index in [4.69, 9.17) is 9.84 Å². The summed E-state index contributed by atoms with van der Waals surface area (Å²) in [5.74, 6) is -0.364.